The van der Waals surface area contributed by atoms with Gasteiger partial charge in [0.2, 0.25) is 11.8 Å². The number of imide groups is 2. The van der Waals surface area contributed by atoms with E-state index in [2.05, 4.69) is 9.80 Å². The van der Waals surface area contributed by atoms with Crippen molar-refractivity contribution in [1.29, 1.82) is 0 Å². The first kappa shape index (κ1) is 17.3. The van der Waals surface area contributed by atoms with Crippen LogP contribution >= 0.6 is 11.6 Å². The van der Waals surface area contributed by atoms with Crippen molar-refractivity contribution < 1.29 is 14.4 Å². The molecule has 0 radical (unpaired) electrons. The molecular weight excluding hydrogens is 356 g/mol. The number of fused-ring (bicyclic) bond motifs is 4. The molecule has 0 aromatic heterocycles. The molecule has 4 rings (SSSR count). The first-order chi connectivity index (χ1) is 12.3. The molecule has 0 aliphatic carbocycles. The number of amides is 4. The summed E-state index contributed by atoms with van der Waals surface area (Å²) in [4.78, 5) is 45.3. The lowest BCUT2D eigenvalue weighted by Crippen LogP contribution is -2.74. The third-order valence-electron chi connectivity index (χ3n) is 5.96. The number of barbiturate groups is 1. The fourth-order valence-corrected chi connectivity index (χ4v) is 4.78. The van der Waals surface area contributed by atoms with Crippen LogP contribution in [0, 0.1) is 5.41 Å². The van der Waals surface area contributed by atoms with Gasteiger partial charge in [-0.05, 0) is 24.7 Å². The Morgan fingerprint density at radius 3 is 2.35 bits per heavy atom. The maximum atomic E-state index is 13.3. The van der Waals surface area contributed by atoms with E-state index in [0.29, 0.717) is 18.1 Å². The molecule has 3 heterocycles. The van der Waals surface area contributed by atoms with Crippen LogP contribution in [0.25, 0.3) is 0 Å². The largest absolute Gasteiger partial charge is 0.364 e. The lowest BCUT2D eigenvalue weighted by molar-refractivity contribution is -0.160. The monoisotopic (exact) mass is 376 g/mol. The minimum Gasteiger partial charge on any atom is -0.364 e. The number of benzene rings is 1. The first-order valence-electron chi connectivity index (χ1n) is 8.62. The second-order valence-electron chi connectivity index (χ2n) is 7.37. The first-order valence-corrected chi connectivity index (χ1v) is 8.99. The minimum absolute atomic E-state index is 0.205. The molecule has 1 spiro atoms. The molecule has 0 saturated carbocycles. The molecule has 3 aliphatic rings. The van der Waals surface area contributed by atoms with E-state index in [-0.39, 0.29) is 12.5 Å². The van der Waals surface area contributed by atoms with Crippen LogP contribution < -0.4 is 4.90 Å². The molecule has 1 aromatic rings. The van der Waals surface area contributed by atoms with E-state index in [1.54, 1.807) is 6.07 Å². The van der Waals surface area contributed by atoms with Gasteiger partial charge in [0.1, 0.15) is 0 Å². The smallest absolute Gasteiger partial charge is 0.332 e. The van der Waals surface area contributed by atoms with Gasteiger partial charge in [-0.2, -0.15) is 0 Å². The molecule has 8 heteroatoms. The zero-order valence-corrected chi connectivity index (χ0v) is 15.8. The molecule has 4 amide bonds. The van der Waals surface area contributed by atoms with Crippen LogP contribution in [-0.2, 0) is 16.0 Å². The van der Waals surface area contributed by atoms with Crippen LogP contribution in [0.3, 0.4) is 0 Å². The third-order valence-corrected chi connectivity index (χ3v) is 6.31. The van der Waals surface area contributed by atoms with E-state index in [4.69, 9.17) is 11.6 Å². The van der Waals surface area contributed by atoms with Gasteiger partial charge in [-0.3, -0.25) is 19.4 Å². The highest BCUT2D eigenvalue weighted by Gasteiger charge is 2.63. The standard InChI is InChI=1S/C18H21ClN4O3/c1-20-7-8-23-13-6-4-5-12(19)11(13)9-18(14(23)10-20)15(24)21(2)17(26)22(3)16(18)25/h4-6,14H,7-10H2,1-3H3/t14-/m0/s1. The number of carbonyl (C=O) groups excluding carboxylic acids is 3. The van der Waals surface area contributed by atoms with Gasteiger partial charge in [0.25, 0.3) is 0 Å². The summed E-state index contributed by atoms with van der Waals surface area (Å²) >= 11 is 6.45. The number of hydrogen-bond acceptors (Lipinski definition) is 5. The Kier molecular flexibility index (Phi) is 3.79. The number of urea groups is 1. The molecule has 0 bridgehead atoms. The van der Waals surface area contributed by atoms with E-state index in [1.165, 1.54) is 14.1 Å². The fraction of sp³-hybridized carbons (Fsp3) is 0.500. The number of likely N-dealkylation sites (N-methyl/N-ethyl adjacent to an activating group) is 1. The second kappa shape index (κ2) is 5.69. The van der Waals surface area contributed by atoms with Crippen LogP contribution in [0.1, 0.15) is 5.56 Å². The lowest BCUT2D eigenvalue weighted by Gasteiger charge is -2.55. The van der Waals surface area contributed by atoms with Gasteiger partial charge in [0, 0.05) is 50.9 Å². The highest BCUT2D eigenvalue weighted by atomic mass is 35.5. The molecular formula is C18H21ClN4O3. The van der Waals surface area contributed by atoms with Crippen molar-refractivity contribution in [2.24, 2.45) is 5.41 Å². The number of anilines is 1. The number of piperazine rings is 1. The summed E-state index contributed by atoms with van der Waals surface area (Å²) in [5.74, 6) is -0.886. The molecule has 1 aromatic carbocycles. The van der Waals surface area contributed by atoms with E-state index in [1.807, 2.05) is 19.2 Å². The van der Waals surface area contributed by atoms with Gasteiger partial charge in [0.05, 0.1) is 6.04 Å². The number of halogens is 1. The summed E-state index contributed by atoms with van der Waals surface area (Å²) in [5.41, 5.74) is 0.432. The summed E-state index contributed by atoms with van der Waals surface area (Å²) in [6, 6.07) is 4.72. The van der Waals surface area contributed by atoms with Gasteiger partial charge in [-0.15, -0.1) is 0 Å². The van der Waals surface area contributed by atoms with Crippen LogP contribution in [0.2, 0.25) is 5.02 Å². The molecule has 138 valence electrons. The molecule has 0 N–H and O–H groups in total. The predicted molar refractivity (Wildman–Crippen MR) is 97.2 cm³/mol. The Morgan fingerprint density at radius 1 is 1.04 bits per heavy atom. The van der Waals surface area contributed by atoms with Gasteiger partial charge in [0.15, 0.2) is 5.41 Å². The van der Waals surface area contributed by atoms with E-state index in [0.717, 1.165) is 27.6 Å². The SMILES string of the molecule is CN1CCN2c3cccc(Cl)c3CC3(C(=O)N(C)C(=O)N(C)C3=O)[C@@H]2C1. The summed E-state index contributed by atoms with van der Waals surface area (Å²) < 4.78 is 0. The molecule has 1 atom stereocenters. The quantitative estimate of drug-likeness (QED) is 0.633. The van der Waals surface area contributed by atoms with Gasteiger partial charge < -0.3 is 9.80 Å². The van der Waals surface area contributed by atoms with Gasteiger partial charge in [-0.1, -0.05) is 17.7 Å². The Balaban J connectivity index is 1.95. The number of carbonyl (C=O) groups is 3. The van der Waals surface area contributed by atoms with Gasteiger partial charge in [-0.25, -0.2) is 4.79 Å². The van der Waals surface area contributed by atoms with Crippen LogP contribution in [0.15, 0.2) is 18.2 Å². The van der Waals surface area contributed by atoms with Crippen LogP contribution in [-0.4, -0.2) is 79.4 Å². The van der Waals surface area contributed by atoms with E-state index >= 15 is 0 Å². The summed E-state index contributed by atoms with van der Waals surface area (Å²) in [5, 5.41) is 0.544. The van der Waals surface area contributed by atoms with Crippen molar-refractivity contribution in [3.63, 3.8) is 0 Å². The average molecular weight is 377 g/mol. The normalized spacial score (nSPS) is 25.6. The fourth-order valence-electron chi connectivity index (χ4n) is 4.54. The third kappa shape index (κ3) is 2.07. The minimum atomic E-state index is -1.34. The maximum absolute atomic E-state index is 13.3. The lowest BCUT2D eigenvalue weighted by atomic mass is 9.67. The molecule has 0 unspecified atom stereocenters. The number of hydrogen-bond donors (Lipinski definition) is 0. The van der Waals surface area contributed by atoms with Gasteiger partial charge >= 0.3 is 6.03 Å². The summed E-state index contributed by atoms with van der Waals surface area (Å²) in [7, 11) is 4.86. The van der Waals surface area contributed by atoms with Crippen molar-refractivity contribution in [1.82, 2.24) is 14.7 Å². The highest BCUT2D eigenvalue weighted by molar-refractivity contribution is 6.32. The Bertz CT molecular complexity index is 803. The molecule has 26 heavy (non-hydrogen) atoms. The van der Waals surface area contributed by atoms with Crippen molar-refractivity contribution in [3.05, 3.63) is 28.8 Å². The summed E-state index contributed by atoms with van der Waals surface area (Å²) in [6.45, 7) is 2.09. The van der Waals surface area contributed by atoms with Crippen molar-refractivity contribution in [3.8, 4) is 0 Å². The number of rotatable bonds is 0. The number of nitrogens with zero attached hydrogens (tertiary/aromatic N) is 4. The zero-order chi connectivity index (χ0) is 18.8. The van der Waals surface area contributed by atoms with Crippen molar-refractivity contribution in [2.45, 2.75) is 12.5 Å². The molecule has 2 saturated heterocycles. The zero-order valence-electron chi connectivity index (χ0n) is 15.0. The highest BCUT2D eigenvalue weighted by Crippen LogP contribution is 2.48. The van der Waals surface area contributed by atoms with Crippen molar-refractivity contribution in [2.75, 3.05) is 45.7 Å². The van der Waals surface area contributed by atoms with Crippen LogP contribution in [0.5, 0.6) is 0 Å². The summed E-state index contributed by atoms with van der Waals surface area (Å²) in [6.07, 6.45) is 0.205. The average Bonchev–Trinajstić information content (AvgIpc) is 2.63. The van der Waals surface area contributed by atoms with E-state index in [9.17, 15) is 14.4 Å². The Hall–Kier alpha value is -2.12. The second-order valence-corrected chi connectivity index (χ2v) is 7.78. The Morgan fingerprint density at radius 2 is 1.69 bits per heavy atom. The van der Waals surface area contributed by atoms with Crippen molar-refractivity contribution >= 4 is 35.1 Å². The molecule has 2 fully saturated rings. The maximum Gasteiger partial charge on any atom is 0.332 e. The molecule has 7 nitrogen and oxygen atoms in total. The Labute approximate surface area is 157 Å². The van der Waals surface area contributed by atoms with E-state index < -0.39 is 23.3 Å². The topological polar surface area (TPSA) is 64.2 Å². The molecule has 3 aliphatic heterocycles. The predicted octanol–water partition coefficient (Wildman–Crippen LogP) is 1.05. The van der Waals surface area contributed by atoms with Crippen LogP contribution in [0.4, 0.5) is 10.5 Å².